The maximum absolute atomic E-state index is 12.6. The lowest BCUT2D eigenvalue weighted by Gasteiger charge is -2.12. The van der Waals surface area contributed by atoms with Crippen molar-refractivity contribution >= 4 is 34.6 Å². The highest BCUT2D eigenvalue weighted by Gasteiger charge is 2.11. The molecule has 2 aromatic carbocycles. The number of para-hydroxylation sites is 2. The van der Waals surface area contributed by atoms with Crippen LogP contribution in [0.5, 0.6) is 5.75 Å². The van der Waals surface area contributed by atoms with E-state index in [0.29, 0.717) is 27.7 Å². The number of halogens is 1. The van der Waals surface area contributed by atoms with Gasteiger partial charge in [-0.1, -0.05) is 29.8 Å². The molecule has 0 aliphatic heterocycles. The Morgan fingerprint density at radius 1 is 1.08 bits per heavy atom. The highest BCUT2D eigenvalue weighted by Crippen LogP contribution is 2.27. The van der Waals surface area contributed by atoms with E-state index in [2.05, 4.69) is 15.6 Å². The number of carbonyl (C=O) groups excluding carboxylic acids is 1. The number of hydrogen-bond donors (Lipinski definition) is 2. The van der Waals surface area contributed by atoms with Crippen LogP contribution in [0, 0.1) is 6.92 Å². The molecule has 0 saturated carbocycles. The average Bonchev–Trinajstić information content (AvgIpc) is 2.66. The standard InChI is InChI=1S/C20H18ClN3O2/c1-13-16(21)6-5-8-17(13)23-15-10-14(11-22-12-15)20(25)24-18-7-3-4-9-19(18)26-2/h3-12,23H,1-2H3,(H,24,25). The van der Waals surface area contributed by atoms with Gasteiger partial charge in [-0.3, -0.25) is 9.78 Å². The van der Waals surface area contributed by atoms with Crippen molar-refractivity contribution < 1.29 is 9.53 Å². The molecule has 6 heteroatoms. The van der Waals surface area contributed by atoms with Crippen LogP contribution >= 0.6 is 11.6 Å². The van der Waals surface area contributed by atoms with Crippen LogP contribution in [0.15, 0.2) is 60.9 Å². The van der Waals surface area contributed by atoms with Gasteiger partial charge in [0.05, 0.1) is 30.2 Å². The predicted molar refractivity (Wildman–Crippen MR) is 105 cm³/mol. The highest BCUT2D eigenvalue weighted by atomic mass is 35.5. The Balaban J connectivity index is 1.80. The van der Waals surface area contributed by atoms with Crippen molar-refractivity contribution in [2.24, 2.45) is 0 Å². The molecule has 1 amide bonds. The van der Waals surface area contributed by atoms with Gasteiger partial charge in [-0.25, -0.2) is 0 Å². The van der Waals surface area contributed by atoms with E-state index in [1.165, 1.54) is 6.20 Å². The summed E-state index contributed by atoms with van der Waals surface area (Å²) in [4.78, 5) is 16.7. The number of pyridine rings is 1. The van der Waals surface area contributed by atoms with E-state index in [1.54, 1.807) is 31.5 Å². The van der Waals surface area contributed by atoms with Crippen molar-refractivity contribution in [1.82, 2.24) is 4.98 Å². The molecule has 1 aromatic heterocycles. The smallest absolute Gasteiger partial charge is 0.257 e. The summed E-state index contributed by atoms with van der Waals surface area (Å²) >= 11 is 6.15. The maximum atomic E-state index is 12.6. The molecular weight excluding hydrogens is 350 g/mol. The second kappa shape index (κ2) is 7.89. The monoisotopic (exact) mass is 367 g/mol. The van der Waals surface area contributed by atoms with E-state index >= 15 is 0 Å². The van der Waals surface area contributed by atoms with Crippen molar-refractivity contribution in [3.63, 3.8) is 0 Å². The van der Waals surface area contributed by atoms with Crippen molar-refractivity contribution in [3.05, 3.63) is 77.1 Å². The van der Waals surface area contributed by atoms with Crippen LogP contribution in [0.4, 0.5) is 17.1 Å². The molecule has 3 rings (SSSR count). The number of methoxy groups -OCH3 is 1. The summed E-state index contributed by atoms with van der Waals surface area (Å²) < 4.78 is 5.25. The first kappa shape index (κ1) is 17.8. The molecule has 132 valence electrons. The van der Waals surface area contributed by atoms with Gasteiger partial charge in [-0.15, -0.1) is 0 Å². The summed E-state index contributed by atoms with van der Waals surface area (Å²) in [7, 11) is 1.56. The number of carbonyl (C=O) groups is 1. The molecule has 0 bridgehead atoms. The summed E-state index contributed by atoms with van der Waals surface area (Å²) in [6.45, 7) is 1.93. The van der Waals surface area contributed by atoms with Gasteiger partial charge in [-0.05, 0) is 42.8 Å². The minimum atomic E-state index is -0.270. The SMILES string of the molecule is COc1ccccc1NC(=O)c1cncc(Nc2cccc(Cl)c2C)c1. The molecule has 0 aliphatic rings. The zero-order valence-electron chi connectivity index (χ0n) is 14.4. The molecule has 0 spiro atoms. The summed E-state index contributed by atoms with van der Waals surface area (Å²) in [5.41, 5.74) is 3.52. The lowest BCUT2D eigenvalue weighted by atomic mass is 10.2. The van der Waals surface area contributed by atoms with Gasteiger partial charge in [0.25, 0.3) is 5.91 Å². The number of ether oxygens (including phenoxy) is 1. The number of benzene rings is 2. The molecule has 0 unspecified atom stereocenters. The molecule has 0 atom stereocenters. The number of aromatic nitrogens is 1. The minimum Gasteiger partial charge on any atom is -0.495 e. The quantitative estimate of drug-likeness (QED) is 0.662. The minimum absolute atomic E-state index is 0.270. The van der Waals surface area contributed by atoms with Crippen molar-refractivity contribution in [1.29, 1.82) is 0 Å². The summed E-state index contributed by atoms with van der Waals surface area (Å²) in [6, 6.07) is 14.6. The summed E-state index contributed by atoms with van der Waals surface area (Å²) in [5, 5.41) is 6.75. The zero-order valence-corrected chi connectivity index (χ0v) is 15.2. The van der Waals surface area contributed by atoms with Gasteiger partial charge in [0.1, 0.15) is 5.75 Å². The first-order valence-electron chi connectivity index (χ1n) is 8.00. The molecule has 3 aromatic rings. The molecular formula is C20H18ClN3O2. The van der Waals surface area contributed by atoms with E-state index in [9.17, 15) is 4.79 Å². The van der Waals surface area contributed by atoms with Gasteiger partial charge in [0, 0.05) is 16.9 Å². The third kappa shape index (κ3) is 3.95. The molecule has 26 heavy (non-hydrogen) atoms. The molecule has 2 N–H and O–H groups in total. The fraction of sp³-hybridized carbons (Fsp3) is 0.100. The van der Waals surface area contributed by atoms with Gasteiger partial charge in [-0.2, -0.15) is 0 Å². The topological polar surface area (TPSA) is 63.2 Å². The Bertz CT molecular complexity index is 944. The lowest BCUT2D eigenvalue weighted by molar-refractivity contribution is 0.102. The predicted octanol–water partition coefficient (Wildman–Crippen LogP) is 5.05. The summed E-state index contributed by atoms with van der Waals surface area (Å²) in [6.07, 6.45) is 3.17. The number of anilines is 3. The molecule has 0 saturated heterocycles. The number of hydrogen-bond acceptors (Lipinski definition) is 4. The largest absolute Gasteiger partial charge is 0.495 e. The fourth-order valence-electron chi connectivity index (χ4n) is 2.47. The van der Waals surface area contributed by atoms with Crippen LogP contribution < -0.4 is 15.4 Å². The third-order valence-corrected chi connectivity index (χ3v) is 4.31. The number of nitrogens with zero attached hydrogens (tertiary/aromatic N) is 1. The van der Waals surface area contributed by atoms with E-state index in [-0.39, 0.29) is 5.91 Å². The van der Waals surface area contributed by atoms with Crippen molar-refractivity contribution in [3.8, 4) is 5.75 Å². The van der Waals surface area contributed by atoms with Gasteiger partial charge < -0.3 is 15.4 Å². The second-order valence-electron chi connectivity index (χ2n) is 5.65. The average molecular weight is 368 g/mol. The summed E-state index contributed by atoms with van der Waals surface area (Å²) in [5.74, 6) is 0.325. The Kier molecular flexibility index (Phi) is 5.39. The van der Waals surface area contributed by atoms with Crippen LogP contribution in [-0.2, 0) is 0 Å². The van der Waals surface area contributed by atoms with Crippen molar-refractivity contribution in [2.75, 3.05) is 17.7 Å². The fourth-order valence-corrected chi connectivity index (χ4v) is 2.65. The highest BCUT2D eigenvalue weighted by molar-refractivity contribution is 6.31. The van der Waals surface area contributed by atoms with Crippen LogP contribution in [-0.4, -0.2) is 18.0 Å². The van der Waals surface area contributed by atoms with Crippen molar-refractivity contribution in [2.45, 2.75) is 6.92 Å². The number of nitrogens with one attached hydrogen (secondary N) is 2. The third-order valence-electron chi connectivity index (χ3n) is 3.90. The molecule has 0 fully saturated rings. The van der Waals surface area contributed by atoms with Gasteiger partial charge >= 0.3 is 0 Å². The number of amides is 1. The first-order valence-corrected chi connectivity index (χ1v) is 8.38. The zero-order chi connectivity index (χ0) is 18.5. The Morgan fingerprint density at radius 3 is 2.65 bits per heavy atom. The van der Waals surface area contributed by atoms with Crippen LogP contribution in [0.1, 0.15) is 15.9 Å². The van der Waals surface area contributed by atoms with E-state index in [1.807, 2.05) is 37.3 Å². The Morgan fingerprint density at radius 2 is 1.85 bits per heavy atom. The number of rotatable bonds is 5. The van der Waals surface area contributed by atoms with Crippen LogP contribution in [0.2, 0.25) is 5.02 Å². The normalized spacial score (nSPS) is 10.3. The van der Waals surface area contributed by atoms with Gasteiger partial charge in [0.2, 0.25) is 0 Å². The van der Waals surface area contributed by atoms with Gasteiger partial charge in [0.15, 0.2) is 0 Å². The first-order chi connectivity index (χ1) is 12.6. The van der Waals surface area contributed by atoms with E-state index in [4.69, 9.17) is 16.3 Å². The Hall–Kier alpha value is -3.05. The van der Waals surface area contributed by atoms with Crippen LogP contribution in [0.3, 0.4) is 0 Å². The lowest BCUT2D eigenvalue weighted by Crippen LogP contribution is -2.13. The van der Waals surface area contributed by atoms with E-state index < -0.39 is 0 Å². The molecule has 5 nitrogen and oxygen atoms in total. The maximum Gasteiger partial charge on any atom is 0.257 e. The molecule has 0 aliphatic carbocycles. The van der Waals surface area contributed by atoms with Crippen LogP contribution in [0.25, 0.3) is 0 Å². The molecule has 0 radical (unpaired) electrons. The second-order valence-corrected chi connectivity index (χ2v) is 6.06. The Labute approximate surface area is 157 Å². The van der Waals surface area contributed by atoms with E-state index in [0.717, 1.165) is 11.3 Å². The molecule has 1 heterocycles.